The number of methoxy groups -OCH3 is 1. The van der Waals surface area contributed by atoms with E-state index in [-0.39, 0.29) is 31.2 Å². The van der Waals surface area contributed by atoms with E-state index in [0.717, 1.165) is 22.4 Å². The lowest BCUT2D eigenvalue weighted by atomic mass is 9.91. The van der Waals surface area contributed by atoms with Gasteiger partial charge < -0.3 is 19.5 Å². The van der Waals surface area contributed by atoms with Crippen LogP contribution in [0.25, 0.3) is 0 Å². The number of ether oxygens (including phenoxy) is 2. The van der Waals surface area contributed by atoms with E-state index >= 15 is 0 Å². The molecule has 0 fully saturated rings. The molecule has 0 aromatic heterocycles. The highest BCUT2D eigenvalue weighted by atomic mass is 19.1. The zero-order valence-corrected chi connectivity index (χ0v) is 20.5. The van der Waals surface area contributed by atoms with Crippen LogP contribution in [0.1, 0.15) is 35.6 Å². The van der Waals surface area contributed by atoms with Gasteiger partial charge in [-0.25, -0.2) is 4.39 Å². The molecule has 1 N–H and O–H groups in total. The first-order chi connectivity index (χ1) is 17.3. The third kappa shape index (κ3) is 6.03. The maximum atomic E-state index is 14.2. The molecule has 36 heavy (non-hydrogen) atoms. The summed E-state index contributed by atoms with van der Waals surface area (Å²) >= 11 is 0. The van der Waals surface area contributed by atoms with E-state index < -0.39 is 11.6 Å². The number of amides is 1. The van der Waals surface area contributed by atoms with Crippen LogP contribution in [0.4, 0.5) is 4.39 Å². The van der Waals surface area contributed by atoms with E-state index in [1.807, 2.05) is 49.4 Å². The lowest BCUT2D eigenvalue weighted by Crippen LogP contribution is -2.35. The summed E-state index contributed by atoms with van der Waals surface area (Å²) in [5.74, 6) is -0.173. The van der Waals surface area contributed by atoms with Gasteiger partial charge in [0.25, 0.3) is 0 Å². The monoisotopic (exact) mass is 491 g/mol. The Morgan fingerprint density at radius 1 is 1.08 bits per heavy atom. The molecule has 4 rings (SSSR count). The molecule has 1 aliphatic rings. The molecule has 0 saturated carbocycles. The van der Waals surface area contributed by atoms with Gasteiger partial charge in [0.15, 0.2) is 0 Å². The zero-order chi connectivity index (χ0) is 25.7. The Kier molecular flexibility index (Phi) is 7.58. The quantitative estimate of drug-likeness (QED) is 0.440. The molecule has 0 bridgehead atoms. The van der Waals surface area contributed by atoms with Crippen LogP contribution < -0.4 is 9.47 Å². The Bertz CT molecular complexity index is 1260. The molecule has 1 amide bonds. The van der Waals surface area contributed by atoms with Gasteiger partial charge in [0.2, 0.25) is 5.91 Å². The van der Waals surface area contributed by atoms with Crippen LogP contribution in [0.15, 0.2) is 66.7 Å². The number of carbonyl (C=O) groups excluding carboxylic acids is 1. The normalized spacial score (nSPS) is 16.2. The van der Waals surface area contributed by atoms with Crippen molar-refractivity contribution in [3.8, 4) is 11.5 Å². The smallest absolute Gasteiger partial charge is 0.323 e. The largest absolute Gasteiger partial charge is 0.496 e. The van der Waals surface area contributed by atoms with Crippen molar-refractivity contribution in [3.05, 3.63) is 94.8 Å². The standard InChI is InChI=1S/C29H30FNO5/c1-29(16-21-7-3-5-9-24(21)30)17-23-15-20(11-13-26(23)36-29)12-14-27(32)31(19-28(33)34)18-22-8-4-6-10-25(22)35-2/h3-11,13,15H,12,14,16-19H2,1-2H3,(H,33,34). The van der Waals surface area contributed by atoms with Crippen molar-refractivity contribution in [2.75, 3.05) is 13.7 Å². The topological polar surface area (TPSA) is 76.1 Å². The summed E-state index contributed by atoms with van der Waals surface area (Å²) in [6.07, 6.45) is 1.74. The first-order valence-corrected chi connectivity index (χ1v) is 11.9. The first kappa shape index (κ1) is 25.2. The Morgan fingerprint density at radius 3 is 2.53 bits per heavy atom. The van der Waals surface area contributed by atoms with Crippen LogP contribution in [0.3, 0.4) is 0 Å². The molecule has 3 aromatic rings. The number of para-hydroxylation sites is 1. The molecule has 7 heteroatoms. The summed E-state index contributed by atoms with van der Waals surface area (Å²) in [6.45, 7) is 1.75. The van der Waals surface area contributed by atoms with E-state index in [1.54, 1.807) is 25.3 Å². The summed E-state index contributed by atoms with van der Waals surface area (Å²) in [7, 11) is 1.54. The lowest BCUT2D eigenvalue weighted by Gasteiger charge is -2.24. The van der Waals surface area contributed by atoms with Gasteiger partial charge in [0.1, 0.15) is 29.5 Å². The van der Waals surface area contributed by atoms with E-state index in [9.17, 15) is 19.1 Å². The van der Waals surface area contributed by atoms with Gasteiger partial charge in [-0.1, -0.05) is 48.5 Å². The summed E-state index contributed by atoms with van der Waals surface area (Å²) < 4.78 is 25.7. The zero-order valence-electron chi connectivity index (χ0n) is 20.5. The summed E-state index contributed by atoms with van der Waals surface area (Å²) in [4.78, 5) is 25.7. The minimum absolute atomic E-state index is 0.154. The third-order valence-electron chi connectivity index (χ3n) is 6.43. The van der Waals surface area contributed by atoms with Crippen LogP contribution in [-0.4, -0.2) is 41.1 Å². The number of carboxylic acids is 1. The van der Waals surface area contributed by atoms with Gasteiger partial charge in [-0.2, -0.15) is 0 Å². The molecule has 6 nitrogen and oxygen atoms in total. The molecule has 188 valence electrons. The second kappa shape index (κ2) is 10.8. The van der Waals surface area contributed by atoms with Gasteiger partial charge in [-0.3, -0.25) is 9.59 Å². The van der Waals surface area contributed by atoms with Crippen molar-refractivity contribution >= 4 is 11.9 Å². The van der Waals surface area contributed by atoms with Crippen LogP contribution >= 0.6 is 0 Å². The number of hydrogen-bond donors (Lipinski definition) is 1. The highest BCUT2D eigenvalue weighted by molar-refractivity contribution is 5.81. The average Bonchev–Trinajstić information content (AvgIpc) is 3.18. The maximum Gasteiger partial charge on any atom is 0.323 e. The molecule has 1 atom stereocenters. The molecule has 0 spiro atoms. The van der Waals surface area contributed by atoms with Crippen molar-refractivity contribution in [2.24, 2.45) is 0 Å². The number of hydrogen-bond acceptors (Lipinski definition) is 4. The first-order valence-electron chi connectivity index (χ1n) is 11.9. The second-order valence-electron chi connectivity index (χ2n) is 9.39. The Balaban J connectivity index is 1.41. The molecule has 3 aromatic carbocycles. The Labute approximate surface area is 210 Å². The highest BCUT2D eigenvalue weighted by Crippen LogP contribution is 2.38. The fraction of sp³-hybridized carbons (Fsp3) is 0.310. The SMILES string of the molecule is COc1ccccc1CN(CC(=O)O)C(=O)CCc1ccc2c(c1)CC(C)(Cc1ccccc1F)O2. The van der Waals surface area contributed by atoms with Gasteiger partial charge in [0.05, 0.1) is 7.11 Å². The fourth-order valence-electron chi connectivity index (χ4n) is 4.72. The Hall–Kier alpha value is -3.87. The maximum absolute atomic E-state index is 14.2. The molecule has 0 aliphatic carbocycles. The Morgan fingerprint density at radius 2 is 1.81 bits per heavy atom. The van der Waals surface area contributed by atoms with E-state index in [0.29, 0.717) is 30.6 Å². The number of carbonyl (C=O) groups is 2. The van der Waals surface area contributed by atoms with Crippen molar-refractivity contribution in [2.45, 2.75) is 44.8 Å². The van der Waals surface area contributed by atoms with Crippen LogP contribution in [0.2, 0.25) is 0 Å². The van der Waals surface area contributed by atoms with Crippen molar-refractivity contribution in [1.82, 2.24) is 4.90 Å². The van der Waals surface area contributed by atoms with Crippen molar-refractivity contribution in [3.63, 3.8) is 0 Å². The predicted octanol–water partition coefficient (Wildman–Crippen LogP) is 4.82. The molecule has 1 aliphatic heterocycles. The van der Waals surface area contributed by atoms with Gasteiger partial charge in [0, 0.05) is 31.4 Å². The highest BCUT2D eigenvalue weighted by Gasteiger charge is 2.35. The molecular formula is C29H30FNO5. The minimum atomic E-state index is -1.07. The number of halogens is 1. The van der Waals surface area contributed by atoms with E-state index in [4.69, 9.17) is 9.47 Å². The number of nitrogens with zero attached hydrogens (tertiary/aromatic N) is 1. The summed E-state index contributed by atoms with van der Waals surface area (Å²) in [5.41, 5.74) is 2.81. The van der Waals surface area contributed by atoms with Crippen LogP contribution in [0.5, 0.6) is 11.5 Å². The van der Waals surface area contributed by atoms with Crippen molar-refractivity contribution in [1.29, 1.82) is 0 Å². The number of carboxylic acid groups (broad SMARTS) is 1. The van der Waals surface area contributed by atoms with Crippen molar-refractivity contribution < 1.29 is 28.6 Å². The van der Waals surface area contributed by atoms with E-state index in [2.05, 4.69) is 0 Å². The number of rotatable bonds is 10. The van der Waals surface area contributed by atoms with Gasteiger partial charge >= 0.3 is 5.97 Å². The average molecular weight is 492 g/mol. The van der Waals surface area contributed by atoms with Gasteiger partial charge in [-0.05, 0) is 48.2 Å². The third-order valence-corrected chi connectivity index (χ3v) is 6.43. The lowest BCUT2D eigenvalue weighted by molar-refractivity contribution is -0.144. The molecule has 1 heterocycles. The number of fused-ring (bicyclic) bond motifs is 1. The van der Waals surface area contributed by atoms with Gasteiger partial charge in [-0.15, -0.1) is 0 Å². The second-order valence-corrected chi connectivity index (χ2v) is 9.39. The minimum Gasteiger partial charge on any atom is -0.496 e. The fourth-order valence-corrected chi connectivity index (χ4v) is 4.72. The molecule has 0 saturated heterocycles. The number of aliphatic carboxylic acids is 1. The summed E-state index contributed by atoms with van der Waals surface area (Å²) in [5, 5.41) is 9.34. The number of benzene rings is 3. The number of aryl methyl sites for hydroxylation is 1. The van der Waals surface area contributed by atoms with Crippen LogP contribution in [0, 0.1) is 5.82 Å². The predicted molar refractivity (Wildman–Crippen MR) is 134 cm³/mol. The van der Waals surface area contributed by atoms with Crippen LogP contribution in [-0.2, 0) is 35.4 Å². The molecular weight excluding hydrogens is 461 g/mol. The molecule has 0 radical (unpaired) electrons. The summed E-state index contributed by atoms with van der Waals surface area (Å²) in [6, 6.07) is 19.8. The molecule has 1 unspecified atom stereocenters. The van der Waals surface area contributed by atoms with E-state index in [1.165, 1.54) is 11.0 Å².